The highest BCUT2D eigenvalue weighted by molar-refractivity contribution is 5.48. The molecule has 6 nitrogen and oxygen atoms in total. The largest absolute Gasteiger partial charge is 0.367 e. The van der Waals surface area contributed by atoms with E-state index in [2.05, 4.69) is 15.3 Å². The lowest BCUT2D eigenvalue weighted by molar-refractivity contribution is 0.301. The summed E-state index contributed by atoms with van der Waals surface area (Å²) in [6, 6.07) is 2.49. The predicted octanol–water partition coefficient (Wildman–Crippen LogP) is 2.61. The van der Waals surface area contributed by atoms with Gasteiger partial charge in [0, 0.05) is 23.4 Å². The van der Waals surface area contributed by atoms with E-state index in [0.29, 0.717) is 6.04 Å². The van der Waals surface area contributed by atoms with Gasteiger partial charge in [-0.15, -0.1) is 0 Å². The second-order valence-corrected chi connectivity index (χ2v) is 7.90. The topological polar surface area (TPSA) is 72.7 Å². The summed E-state index contributed by atoms with van der Waals surface area (Å²) in [6.45, 7) is 0. The van der Waals surface area contributed by atoms with Crippen molar-refractivity contribution in [1.29, 1.82) is 0 Å². The summed E-state index contributed by atoms with van der Waals surface area (Å²) in [5.74, 6) is 1.03. The SMILES string of the molecule is O=c1cc2c(nn1C1CCC(Nc3ncnc4c3CCC4)CC1)CCC2. The van der Waals surface area contributed by atoms with E-state index in [1.54, 1.807) is 11.0 Å². The van der Waals surface area contributed by atoms with Gasteiger partial charge in [0.2, 0.25) is 0 Å². The summed E-state index contributed by atoms with van der Waals surface area (Å²) < 4.78 is 1.77. The quantitative estimate of drug-likeness (QED) is 0.920. The molecule has 3 aliphatic rings. The molecule has 0 saturated heterocycles. The highest BCUT2D eigenvalue weighted by Gasteiger charge is 2.27. The highest BCUT2D eigenvalue weighted by atomic mass is 16.1. The Hall–Kier alpha value is -2.24. The molecule has 2 aromatic rings. The zero-order valence-electron chi connectivity index (χ0n) is 15.1. The van der Waals surface area contributed by atoms with Gasteiger partial charge < -0.3 is 5.32 Å². The lowest BCUT2D eigenvalue weighted by Gasteiger charge is -2.30. The van der Waals surface area contributed by atoms with E-state index in [9.17, 15) is 4.79 Å². The second kappa shape index (κ2) is 6.49. The van der Waals surface area contributed by atoms with E-state index in [1.807, 2.05) is 6.07 Å². The van der Waals surface area contributed by atoms with Crippen LogP contribution in [0.4, 0.5) is 5.82 Å². The molecule has 0 spiro atoms. The van der Waals surface area contributed by atoms with Crippen molar-refractivity contribution in [2.24, 2.45) is 0 Å². The first-order chi connectivity index (χ1) is 12.8. The highest BCUT2D eigenvalue weighted by Crippen LogP contribution is 2.31. The summed E-state index contributed by atoms with van der Waals surface area (Å²) in [5.41, 5.74) is 4.91. The molecule has 0 unspecified atom stereocenters. The number of aromatic nitrogens is 4. The van der Waals surface area contributed by atoms with E-state index in [0.717, 1.165) is 69.3 Å². The van der Waals surface area contributed by atoms with Gasteiger partial charge in [0.1, 0.15) is 12.1 Å². The fourth-order valence-electron chi connectivity index (χ4n) is 4.82. The molecule has 136 valence electrons. The molecule has 0 atom stereocenters. The minimum absolute atomic E-state index is 0.0793. The maximum atomic E-state index is 12.4. The Bertz CT molecular complexity index is 882. The van der Waals surface area contributed by atoms with Gasteiger partial charge in [-0.25, -0.2) is 14.6 Å². The summed E-state index contributed by atoms with van der Waals surface area (Å²) in [6.07, 6.45) is 12.3. The van der Waals surface area contributed by atoms with Crippen LogP contribution in [0.2, 0.25) is 0 Å². The van der Waals surface area contributed by atoms with Crippen molar-refractivity contribution < 1.29 is 0 Å². The zero-order chi connectivity index (χ0) is 17.5. The summed E-state index contributed by atoms with van der Waals surface area (Å²) >= 11 is 0. The Labute approximate surface area is 153 Å². The van der Waals surface area contributed by atoms with E-state index in [-0.39, 0.29) is 11.6 Å². The van der Waals surface area contributed by atoms with Gasteiger partial charge in [-0.2, -0.15) is 5.10 Å². The van der Waals surface area contributed by atoms with Crippen LogP contribution in [0.25, 0.3) is 0 Å². The molecule has 0 bridgehead atoms. The Kier molecular flexibility index (Phi) is 3.98. The Balaban J connectivity index is 1.27. The average Bonchev–Trinajstić information content (AvgIpc) is 3.31. The van der Waals surface area contributed by atoms with Crippen LogP contribution < -0.4 is 10.9 Å². The van der Waals surface area contributed by atoms with Gasteiger partial charge >= 0.3 is 0 Å². The van der Waals surface area contributed by atoms with Crippen LogP contribution in [0, 0.1) is 0 Å². The first-order valence-electron chi connectivity index (χ1n) is 9.99. The normalized spacial score (nSPS) is 24.3. The van der Waals surface area contributed by atoms with Crippen molar-refractivity contribution in [1.82, 2.24) is 19.7 Å². The van der Waals surface area contributed by atoms with Crippen LogP contribution in [0.5, 0.6) is 0 Å². The minimum atomic E-state index is 0.0793. The van der Waals surface area contributed by atoms with Crippen LogP contribution in [0.3, 0.4) is 0 Å². The molecule has 3 aliphatic carbocycles. The molecule has 2 heterocycles. The van der Waals surface area contributed by atoms with Crippen LogP contribution >= 0.6 is 0 Å². The zero-order valence-corrected chi connectivity index (χ0v) is 15.1. The van der Waals surface area contributed by atoms with E-state index in [4.69, 9.17) is 5.10 Å². The van der Waals surface area contributed by atoms with Crippen molar-refractivity contribution >= 4 is 5.82 Å². The number of hydrogen-bond acceptors (Lipinski definition) is 5. The van der Waals surface area contributed by atoms with Gasteiger partial charge in [-0.3, -0.25) is 4.79 Å². The molecule has 6 heteroatoms. The van der Waals surface area contributed by atoms with Gasteiger partial charge in [-0.05, 0) is 69.8 Å². The second-order valence-electron chi connectivity index (χ2n) is 7.90. The number of aryl methyl sites for hydroxylation is 3. The fourth-order valence-corrected chi connectivity index (χ4v) is 4.82. The number of fused-ring (bicyclic) bond motifs is 2. The third-order valence-electron chi connectivity index (χ3n) is 6.24. The van der Waals surface area contributed by atoms with Crippen LogP contribution in [0.15, 0.2) is 17.2 Å². The molecular formula is C20H25N5O. The molecule has 26 heavy (non-hydrogen) atoms. The molecule has 0 aliphatic heterocycles. The average molecular weight is 351 g/mol. The first kappa shape index (κ1) is 16.0. The van der Waals surface area contributed by atoms with E-state index in [1.165, 1.54) is 23.2 Å². The van der Waals surface area contributed by atoms with Crippen LogP contribution in [0.1, 0.15) is 67.1 Å². The van der Waals surface area contributed by atoms with Crippen LogP contribution in [-0.4, -0.2) is 25.8 Å². The Morgan fingerprint density at radius 3 is 2.65 bits per heavy atom. The van der Waals surface area contributed by atoms with Gasteiger partial charge in [-0.1, -0.05) is 0 Å². The number of nitrogens with one attached hydrogen (secondary N) is 1. The first-order valence-corrected chi connectivity index (χ1v) is 9.99. The third-order valence-corrected chi connectivity index (χ3v) is 6.24. The molecule has 2 aromatic heterocycles. The summed E-state index contributed by atoms with van der Waals surface area (Å²) in [5, 5.41) is 8.35. The lowest BCUT2D eigenvalue weighted by atomic mass is 9.91. The molecule has 1 N–H and O–H groups in total. The van der Waals surface area contributed by atoms with Crippen molar-refractivity contribution in [2.75, 3.05) is 5.32 Å². The van der Waals surface area contributed by atoms with Crippen molar-refractivity contribution in [3.05, 3.63) is 45.3 Å². The third kappa shape index (κ3) is 2.81. The number of anilines is 1. The van der Waals surface area contributed by atoms with E-state index >= 15 is 0 Å². The molecule has 0 radical (unpaired) electrons. The standard InChI is InChI=1S/C20H25N5O/c26-19-11-13-3-1-5-17(13)24-25(19)15-9-7-14(8-10-15)23-20-16-4-2-6-18(16)21-12-22-20/h11-12,14-15H,1-10H2,(H,21,22,23). The van der Waals surface area contributed by atoms with Crippen LogP contribution in [-0.2, 0) is 25.7 Å². The van der Waals surface area contributed by atoms with E-state index < -0.39 is 0 Å². The van der Waals surface area contributed by atoms with Crippen molar-refractivity contribution in [2.45, 2.75) is 76.3 Å². The number of nitrogens with zero attached hydrogens (tertiary/aromatic N) is 4. The number of rotatable bonds is 3. The lowest BCUT2D eigenvalue weighted by Crippen LogP contribution is -2.34. The molecule has 1 saturated carbocycles. The summed E-state index contributed by atoms with van der Waals surface area (Å²) in [4.78, 5) is 21.3. The molecule has 5 rings (SSSR count). The predicted molar refractivity (Wildman–Crippen MR) is 99.5 cm³/mol. The minimum Gasteiger partial charge on any atom is -0.367 e. The van der Waals surface area contributed by atoms with Crippen molar-refractivity contribution in [3.8, 4) is 0 Å². The smallest absolute Gasteiger partial charge is 0.267 e. The monoisotopic (exact) mass is 351 g/mol. The van der Waals surface area contributed by atoms with Crippen molar-refractivity contribution in [3.63, 3.8) is 0 Å². The molecule has 1 fully saturated rings. The Morgan fingerprint density at radius 2 is 1.77 bits per heavy atom. The maximum Gasteiger partial charge on any atom is 0.267 e. The van der Waals surface area contributed by atoms with Gasteiger partial charge in [0.05, 0.1) is 11.7 Å². The molecular weight excluding hydrogens is 326 g/mol. The Morgan fingerprint density at radius 1 is 0.962 bits per heavy atom. The molecule has 0 aromatic carbocycles. The van der Waals surface area contributed by atoms with Gasteiger partial charge in [0.15, 0.2) is 0 Å². The molecule has 0 amide bonds. The summed E-state index contributed by atoms with van der Waals surface area (Å²) in [7, 11) is 0. The maximum absolute atomic E-state index is 12.4. The number of hydrogen-bond donors (Lipinski definition) is 1. The fraction of sp³-hybridized carbons (Fsp3) is 0.600. The van der Waals surface area contributed by atoms with Gasteiger partial charge in [0.25, 0.3) is 5.56 Å².